The van der Waals surface area contributed by atoms with Gasteiger partial charge in [0.15, 0.2) is 5.75 Å². The maximum Gasteiger partial charge on any atom is 0.312 e. The molecule has 0 heterocycles. The molecule has 0 bridgehead atoms. The summed E-state index contributed by atoms with van der Waals surface area (Å²) >= 11 is 0. The SMILES string of the molecule is N#Cc1ccc(OCCOCCN)c([N+](=O)[O-])c1. The van der Waals surface area contributed by atoms with Crippen molar-refractivity contribution in [3.8, 4) is 11.8 Å². The fourth-order valence-electron chi connectivity index (χ4n) is 1.25. The van der Waals surface area contributed by atoms with E-state index in [9.17, 15) is 10.1 Å². The molecule has 0 aliphatic heterocycles. The van der Waals surface area contributed by atoms with Crippen LogP contribution in [0, 0.1) is 21.4 Å². The van der Waals surface area contributed by atoms with Crippen LogP contribution in [0.2, 0.25) is 0 Å². The van der Waals surface area contributed by atoms with Gasteiger partial charge < -0.3 is 15.2 Å². The van der Waals surface area contributed by atoms with Crippen molar-refractivity contribution in [2.45, 2.75) is 0 Å². The van der Waals surface area contributed by atoms with E-state index in [4.69, 9.17) is 20.5 Å². The van der Waals surface area contributed by atoms with Gasteiger partial charge in [0.2, 0.25) is 0 Å². The van der Waals surface area contributed by atoms with Crippen LogP contribution in [0.25, 0.3) is 0 Å². The van der Waals surface area contributed by atoms with Crippen molar-refractivity contribution < 1.29 is 14.4 Å². The molecule has 0 aliphatic rings. The van der Waals surface area contributed by atoms with Crippen molar-refractivity contribution in [1.82, 2.24) is 0 Å². The Morgan fingerprint density at radius 1 is 1.39 bits per heavy atom. The van der Waals surface area contributed by atoms with Crippen molar-refractivity contribution in [2.24, 2.45) is 5.73 Å². The standard InChI is InChI=1S/C11H13N3O4/c12-3-4-17-5-6-18-11-2-1-9(8-13)7-10(11)14(15)16/h1-2,7H,3-6,12H2. The highest BCUT2D eigenvalue weighted by Gasteiger charge is 2.15. The molecule has 0 aliphatic carbocycles. The van der Waals surface area contributed by atoms with Gasteiger partial charge in [-0.1, -0.05) is 0 Å². The molecular formula is C11H13N3O4. The third-order valence-corrected chi connectivity index (χ3v) is 2.03. The second-order valence-corrected chi connectivity index (χ2v) is 3.30. The Bertz CT molecular complexity index is 456. The highest BCUT2D eigenvalue weighted by atomic mass is 16.6. The van der Waals surface area contributed by atoms with Crippen LogP contribution in [-0.2, 0) is 4.74 Å². The van der Waals surface area contributed by atoms with Gasteiger partial charge in [0.25, 0.3) is 0 Å². The molecule has 7 heteroatoms. The van der Waals surface area contributed by atoms with Crippen LogP contribution >= 0.6 is 0 Å². The lowest BCUT2D eigenvalue weighted by Crippen LogP contribution is -2.13. The second kappa shape index (κ2) is 7.21. The van der Waals surface area contributed by atoms with Gasteiger partial charge in [-0.2, -0.15) is 5.26 Å². The smallest absolute Gasteiger partial charge is 0.312 e. The number of nitriles is 1. The molecule has 1 aromatic rings. The number of rotatable bonds is 7. The van der Waals surface area contributed by atoms with E-state index in [2.05, 4.69) is 0 Å². The fraction of sp³-hybridized carbons (Fsp3) is 0.364. The summed E-state index contributed by atoms with van der Waals surface area (Å²) in [6.07, 6.45) is 0. The predicted octanol–water partition coefficient (Wildman–Crippen LogP) is 0.821. The average molecular weight is 251 g/mol. The minimum absolute atomic E-state index is 0.121. The van der Waals surface area contributed by atoms with Gasteiger partial charge in [-0.15, -0.1) is 0 Å². The van der Waals surface area contributed by atoms with E-state index in [1.807, 2.05) is 6.07 Å². The van der Waals surface area contributed by atoms with Crippen LogP contribution in [0.3, 0.4) is 0 Å². The topological polar surface area (TPSA) is 111 Å². The third kappa shape index (κ3) is 4.01. The molecule has 1 aromatic carbocycles. The number of benzene rings is 1. The van der Waals surface area contributed by atoms with Gasteiger partial charge in [0.1, 0.15) is 6.61 Å². The molecule has 0 saturated heterocycles. The Balaban J connectivity index is 2.65. The van der Waals surface area contributed by atoms with Crippen LogP contribution < -0.4 is 10.5 Å². The molecule has 0 radical (unpaired) electrons. The first-order chi connectivity index (χ1) is 8.69. The third-order valence-electron chi connectivity index (χ3n) is 2.03. The molecule has 0 atom stereocenters. The summed E-state index contributed by atoms with van der Waals surface area (Å²) in [5.74, 6) is 0.121. The van der Waals surface area contributed by atoms with E-state index in [1.54, 1.807) is 0 Å². The molecule has 0 amide bonds. The molecule has 0 unspecified atom stereocenters. The van der Waals surface area contributed by atoms with E-state index >= 15 is 0 Å². The number of ether oxygens (including phenoxy) is 2. The van der Waals surface area contributed by atoms with Gasteiger partial charge in [-0.25, -0.2) is 0 Å². The zero-order valence-electron chi connectivity index (χ0n) is 9.67. The summed E-state index contributed by atoms with van der Waals surface area (Å²) in [5.41, 5.74) is 5.22. The van der Waals surface area contributed by atoms with E-state index in [0.29, 0.717) is 19.8 Å². The molecule has 7 nitrogen and oxygen atoms in total. The highest BCUT2D eigenvalue weighted by molar-refractivity contribution is 5.51. The molecule has 18 heavy (non-hydrogen) atoms. The average Bonchev–Trinajstić information content (AvgIpc) is 2.38. The number of hydrogen-bond donors (Lipinski definition) is 1. The summed E-state index contributed by atoms with van der Waals surface area (Å²) in [6.45, 7) is 1.32. The Morgan fingerprint density at radius 2 is 2.17 bits per heavy atom. The number of nitro groups is 1. The van der Waals surface area contributed by atoms with Gasteiger partial charge in [-0.05, 0) is 12.1 Å². The zero-order valence-corrected chi connectivity index (χ0v) is 9.67. The van der Waals surface area contributed by atoms with E-state index < -0.39 is 4.92 Å². The Hall–Kier alpha value is -2.17. The minimum Gasteiger partial charge on any atom is -0.484 e. The first-order valence-electron chi connectivity index (χ1n) is 5.28. The second-order valence-electron chi connectivity index (χ2n) is 3.30. The molecular weight excluding hydrogens is 238 g/mol. The Kier molecular flexibility index (Phi) is 5.57. The number of nitrogens with two attached hydrogens (primary N) is 1. The van der Waals surface area contributed by atoms with Crippen molar-refractivity contribution in [1.29, 1.82) is 5.26 Å². The maximum absolute atomic E-state index is 10.8. The summed E-state index contributed by atoms with van der Waals surface area (Å²) in [7, 11) is 0. The number of nitro benzene ring substituents is 1. The molecule has 0 spiro atoms. The predicted molar refractivity (Wildman–Crippen MR) is 63.2 cm³/mol. The number of nitrogens with zero attached hydrogens (tertiary/aromatic N) is 2. The van der Waals surface area contributed by atoms with Crippen LogP contribution in [0.15, 0.2) is 18.2 Å². The van der Waals surface area contributed by atoms with Crippen LogP contribution in [0.4, 0.5) is 5.69 Å². The van der Waals surface area contributed by atoms with Crippen molar-refractivity contribution >= 4 is 5.69 Å². The lowest BCUT2D eigenvalue weighted by Gasteiger charge is -2.07. The van der Waals surface area contributed by atoms with Crippen LogP contribution in [-0.4, -0.2) is 31.3 Å². The number of hydrogen-bond acceptors (Lipinski definition) is 6. The van der Waals surface area contributed by atoms with Crippen LogP contribution in [0.1, 0.15) is 5.56 Å². The largest absolute Gasteiger partial charge is 0.484 e. The quantitative estimate of drug-likeness (QED) is 0.436. The van der Waals surface area contributed by atoms with Crippen LogP contribution in [0.5, 0.6) is 5.75 Å². The van der Waals surface area contributed by atoms with Gasteiger partial charge >= 0.3 is 5.69 Å². The summed E-state index contributed by atoms with van der Waals surface area (Å²) in [5, 5.41) is 19.5. The molecule has 0 fully saturated rings. The van der Waals surface area contributed by atoms with Gasteiger partial charge in [0, 0.05) is 12.6 Å². The maximum atomic E-state index is 10.8. The van der Waals surface area contributed by atoms with Crippen molar-refractivity contribution in [3.63, 3.8) is 0 Å². The summed E-state index contributed by atoms with van der Waals surface area (Å²) < 4.78 is 10.3. The summed E-state index contributed by atoms with van der Waals surface area (Å²) in [4.78, 5) is 10.2. The van der Waals surface area contributed by atoms with E-state index in [0.717, 1.165) is 0 Å². The zero-order chi connectivity index (χ0) is 13.4. The first kappa shape index (κ1) is 13.9. The summed E-state index contributed by atoms with van der Waals surface area (Å²) in [6, 6.07) is 5.88. The molecule has 0 aromatic heterocycles. The van der Waals surface area contributed by atoms with Gasteiger partial charge in [0.05, 0.1) is 29.8 Å². The van der Waals surface area contributed by atoms with Crippen molar-refractivity contribution in [2.75, 3.05) is 26.4 Å². The fourth-order valence-corrected chi connectivity index (χ4v) is 1.25. The van der Waals surface area contributed by atoms with Crippen molar-refractivity contribution in [3.05, 3.63) is 33.9 Å². The lowest BCUT2D eigenvalue weighted by atomic mass is 10.2. The van der Waals surface area contributed by atoms with E-state index in [-0.39, 0.29) is 23.6 Å². The molecule has 2 N–H and O–H groups in total. The first-order valence-corrected chi connectivity index (χ1v) is 5.28. The lowest BCUT2D eigenvalue weighted by molar-refractivity contribution is -0.385. The molecule has 96 valence electrons. The highest BCUT2D eigenvalue weighted by Crippen LogP contribution is 2.27. The molecule has 1 rings (SSSR count). The molecule has 0 saturated carbocycles. The Labute approximate surface area is 104 Å². The minimum atomic E-state index is -0.586. The monoisotopic (exact) mass is 251 g/mol. The Morgan fingerprint density at radius 3 is 2.78 bits per heavy atom. The van der Waals surface area contributed by atoms with Gasteiger partial charge in [-0.3, -0.25) is 10.1 Å². The van der Waals surface area contributed by atoms with E-state index in [1.165, 1.54) is 18.2 Å². The normalized spacial score (nSPS) is 9.78.